The maximum atomic E-state index is 4.94. The molecule has 131 valence electrons. The summed E-state index contributed by atoms with van der Waals surface area (Å²) in [5, 5.41) is 8.65. The number of aromatic nitrogens is 3. The summed E-state index contributed by atoms with van der Waals surface area (Å²) in [4.78, 5) is 0. The number of benzene rings is 2. The van der Waals surface area contributed by atoms with Crippen molar-refractivity contribution in [2.24, 2.45) is 0 Å². The first-order chi connectivity index (χ1) is 12.1. The van der Waals surface area contributed by atoms with Crippen molar-refractivity contribution in [3.63, 3.8) is 0 Å². The molecule has 0 saturated carbocycles. The SMILES string of the molecule is Cc1cc[c-]c2c1c1ccccc1c1cc(-n3c(C)ccc3C)nn21.[Ir]. The van der Waals surface area contributed by atoms with Crippen LogP contribution in [-0.2, 0) is 20.1 Å². The summed E-state index contributed by atoms with van der Waals surface area (Å²) in [5.74, 6) is 0.951. The van der Waals surface area contributed by atoms with Crippen LogP contribution in [0, 0.1) is 26.8 Å². The summed E-state index contributed by atoms with van der Waals surface area (Å²) in [7, 11) is 0. The molecule has 3 heterocycles. The first-order valence-corrected chi connectivity index (χ1v) is 8.52. The fourth-order valence-electron chi connectivity index (χ4n) is 3.89. The van der Waals surface area contributed by atoms with Gasteiger partial charge in [-0.25, -0.2) is 0 Å². The molecule has 0 N–H and O–H groups in total. The minimum Gasteiger partial charge on any atom is -0.302 e. The second-order valence-electron chi connectivity index (χ2n) is 6.68. The van der Waals surface area contributed by atoms with E-state index >= 15 is 0 Å². The van der Waals surface area contributed by atoms with Gasteiger partial charge in [-0.05, 0) is 36.9 Å². The van der Waals surface area contributed by atoms with E-state index in [0.717, 1.165) is 16.9 Å². The van der Waals surface area contributed by atoms with Crippen LogP contribution in [-0.4, -0.2) is 14.2 Å². The van der Waals surface area contributed by atoms with Crippen LogP contribution in [0.15, 0.2) is 54.6 Å². The zero-order valence-electron chi connectivity index (χ0n) is 14.9. The Kier molecular flexibility index (Phi) is 3.98. The van der Waals surface area contributed by atoms with Gasteiger partial charge in [0.1, 0.15) is 0 Å². The summed E-state index contributed by atoms with van der Waals surface area (Å²) in [5.41, 5.74) is 5.77. The topological polar surface area (TPSA) is 22.2 Å². The number of hydrogen-bond acceptors (Lipinski definition) is 1. The predicted molar refractivity (Wildman–Crippen MR) is 103 cm³/mol. The van der Waals surface area contributed by atoms with Crippen molar-refractivity contribution in [1.29, 1.82) is 0 Å². The van der Waals surface area contributed by atoms with Crippen LogP contribution >= 0.6 is 0 Å². The minimum atomic E-state index is 0. The van der Waals surface area contributed by atoms with E-state index in [9.17, 15) is 0 Å². The average Bonchev–Trinajstić information content (AvgIpc) is 3.18. The monoisotopic (exact) mass is 517 g/mol. The number of nitrogens with zero attached hydrogens (tertiary/aromatic N) is 3. The molecule has 5 aromatic rings. The quantitative estimate of drug-likeness (QED) is 0.223. The molecule has 0 atom stereocenters. The summed E-state index contributed by atoms with van der Waals surface area (Å²) < 4.78 is 4.24. The third-order valence-corrected chi connectivity index (χ3v) is 5.07. The number of aryl methyl sites for hydroxylation is 3. The van der Waals surface area contributed by atoms with Gasteiger partial charge in [-0.3, -0.25) is 4.52 Å². The van der Waals surface area contributed by atoms with Crippen LogP contribution in [0.2, 0.25) is 0 Å². The fourth-order valence-corrected chi connectivity index (χ4v) is 3.89. The van der Waals surface area contributed by atoms with Crippen LogP contribution < -0.4 is 0 Å². The zero-order valence-corrected chi connectivity index (χ0v) is 17.3. The standard InChI is InChI=1S/C22H18N3.Ir/c1-14-7-6-10-19-22(14)18-9-5-4-8-17(18)20-13-21(23-25(19)20)24-15(2)11-12-16(24)3;/h4-9,11-13H,1-3H3;/q-1;. The van der Waals surface area contributed by atoms with E-state index in [1.807, 2.05) is 10.6 Å². The molecule has 2 aromatic carbocycles. The zero-order chi connectivity index (χ0) is 17.1. The van der Waals surface area contributed by atoms with Gasteiger partial charge in [-0.15, -0.1) is 0 Å². The first kappa shape index (κ1) is 17.0. The molecule has 26 heavy (non-hydrogen) atoms. The molecule has 0 bridgehead atoms. The molecule has 3 nitrogen and oxygen atoms in total. The Hall–Kier alpha value is -2.42. The van der Waals surface area contributed by atoms with Crippen molar-refractivity contribution in [3.8, 4) is 5.82 Å². The van der Waals surface area contributed by atoms with Crippen LogP contribution in [0.3, 0.4) is 0 Å². The Morgan fingerprint density at radius 2 is 1.58 bits per heavy atom. The van der Waals surface area contributed by atoms with E-state index in [2.05, 4.69) is 79.9 Å². The van der Waals surface area contributed by atoms with Gasteiger partial charge in [0.15, 0.2) is 5.82 Å². The molecule has 0 unspecified atom stereocenters. The summed E-state index contributed by atoms with van der Waals surface area (Å²) >= 11 is 0. The van der Waals surface area contributed by atoms with E-state index in [4.69, 9.17) is 5.10 Å². The molecule has 0 fully saturated rings. The van der Waals surface area contributed by atoms with Crippen molar-refractivity contribution in [3.05, 3.63) is 77.6 Å². The van der Waals surface area contributed by atoms with Gasteiger partial charge in [0.05, 0.1) is 5.52 Å². The second kappa shape index (κ2) is 6.08. The normalized spacial score (nSPS) is 11.3. The van der Waals surface area contributed by atoms with Gasteiger partial charge in [0.2, 0.25) is 0 Å². The Balaban J connectivity index is 0.00000168. The molecule has 0 aliphatic heterocycles. The van der Waals surface area contributed by atoms with Gasteiger partial charge >= 0.3 is 0 Å². The number of pyridine rings is 1. The fraction of sp³-hybridized carbons (Fsp3) is 0.136. The average molecular weight is 517 g/mol. The van der Waals surface area contributed by atoms with Crippen LogP contribution in [0.25, 0.3) is 33.0 Å². The predicted octanol–water partition coefficient (Wildman–Crippen LogP) is 5.15. The third kappa shape index (κ3) is 2.26. The molecule has 0 amide bonds. The largest absolute Gasteiger partial charge is 0.302 e. The van der Waals surface area contributed by atoms with E-state index in [0.29, 0.717) is 0 Å². The van der Waals surface area contributed by atoms with E-state index < -0.39 is 0 Å². The van der Waals surface area contributed by atoms with Crippen molar-refractivity contribution < 1.29 is 20.1 Å². The van der Waals surface area contributed by atoms with Crippen LogP contribution in [0.4, 0.5) is 0 Å². The maximum Gasteiger partial charge on any atom is 0.160 e. The second-order valence-corrected chi connectivity index (χ2v) is 6.68. The van der Waals surface area contributed by atoms with E-state index in [1.165, 1.54) is 33.1 Å². The van der Waals surface area contributed by atoms with Crippen molar-refractivity contribution in [2.45, 2.75) is 20.8 Å². The maximum absolute atomic E-state index is 4.94. The van der Waals surface area contributed by atoms with Gasteiger partial charge in [0.25, 0.3) is 0 Å². The van der Waals surface area contributed by atoms with Crippen molar-refractivity contribution >= 4 is 27.2 Å². The Morgan fingerprint density at radius 3 is 2.31 bits per heavy atom. The molecular weight excluding hydrogens is 498 g/mol. The number of fused-ring (bicyclic) bond motifs is 6. The molecule has 4 heteroatoms. The Bertz CT molecular complexity index is 1260. The van der Waals surface area contributed by atoms with Crippen LogP contribution in [0.1, 0.15) is 17.0 Å². The van der Waals surface area contributed by atoms with Gasteiger partial charge in [0, 0.05) is 37.6 Å². The molecule has 0 aliphatic rings. The minimum absolute atomic E-state index is 0. The smallest absolute Gasteiger partial charge is 0.160 e. The number of hydrogen-bond donors (Lipinski definition) is 0. The molecule has 3 aromatic heterocycles. The third-order valence-electron chi connectivity index (χ3n) is 5.07. The van der Waals surface area contributed by atoms with Crippen LogP contribution in [0.5, 0.6) is 0 Å². The Labute approximate surface area is 165 Å². The van der Waals surface area contributed by atoms with Gasteiger partial charge in [-0.1, -0.05) is 42.0 Å². The summed E-state index contributed by atoms with van der Waals surface area (Å²) in [6.07, 6.45) is 0. The van der Waals surface area contributed by atoms with Crippen molar-refractivity contribution in [2.75, 3.05) is 0 Å². The van der Waals surface area contributed by atoms with E-state index in [-0.39, 0.29) is 20.1 Å². The first-order valence-electron chi connectivity index (χ1n) is 8.52. The molecule has 1 radical (unpaired) electrons. The van der Waals surface area contributed by atoms with Gasteiger partial charge in [-0.2, -0.15) is 28.9 Å². The molecule has 5 rings (SSSR count). The van der Waals surface area contributed by atoms with Crippen molar-refractivity contribution in [1.82, 2.24) is 14.2 Å². The summed E-state index contributed by atoms with van der Waals surface area (Å²) in [6.45, 7) is 6.38. The molecule has 0 aliphatic carbocycles. The number of rotatable bonds is 1. The Morgan fingerprint density at radius 1 is 0.885 bits per heavy atom. The van der Waals surface area contributed by atoms with E-state index in [1.54, 1.807) is 0 Å². The van der Waals surface area contributed by atoms with Gasteiger partial charge < -0.3 is 4.57 Å². The summed E-state index contributed by atoms with van der Waals surface area (Å²) in [6, 6.07) is 22.5. The molecule has 0 spiro atoms. The molecule has 0 saturated heterocycles. The molecular formula is C22H18IrN3-.